The zero-order valence-corrected chi connectivity index (χ0v) is 11.2. The van der Waals surface area contributed by atoms with E-state index in [1.807, 2.05) is 0 Å². The Balaban J connectivity index is 2.47. The molecule has 1 heterocycles. The summed E-state index contributed by atoms with van der Waals surface area (Å²) in [7, 11) is 0. The van der Waals surface area contributed by atoms with Crippen LogP contribution in [0.5, 0.6) is 5.75 Å². The predicted molar refractivity (Wildman–Crippen MR) is 73.0 cm³/mol. The molecule has 104 valence electrons. The minimum absolute atomic E-state index is 0.0616. The highest BCUT2D eigenvalue weighted by atomic mass is 35.5. The highest BCUT2D eigenvalue weighted by Crippen LogP contribution is 2.31. The molecule has 1 aromatic carbocycles. The molecule has 0 bridgehead atoms. The molecule has 0 aliphatic carbocycles. The molecule has 0 aliphatic rings. The molecule has 3 N–H and O–H groups in total. The first-order chi connectivity index (χ1) is 9.41. The van der Waals surface area contributed by atoms with E-state index in [9.17, 15) is 14.7 Å². The van der Waals surface area contributed by atoms with Crippen LogP contribution < -0.4 is 5.32 Å². The molecule has 2 aromatic rings. The van der Waals surface area contributed by atoms with Crippen molar-refractivity contribution in [1.82, 2.24) is 10.3 Å². The maximum absolute atomic E-state index is 11.9. The third-order valence-corrected chi connectivity index (χ3v) is 3.06. The number of nitrogens with zero attached hydrogens (tertiary/aromatic N) is 1. The Morgan fingerprint density at radius 2 is 1.90 bits per heavy atom. The third kappa shape index (κ3) is 2.50. The van der Waals surface area contributed by atoms with Crippen molar-refractivity contribution in [2.24, 2.45) is 0 Å². The van der Waals surface area contributed by atoms with Gasteiger partial charge in [0.1, 0.15) is 11.2 Å². The fourth-order valence-corrected chi connectivity index (χ4v) is 1.94. The summed E-state index contributed by atoms with van der Waals surface area (Å²) in [4.78, 5) is 26.5. The van der Waals surface area contributed by atoms with Crippen molar-refractivity contribution in [3.8, 4) is 5.75 Å². The van der Waals surface area contributed by atoms with Crippen molar-refractivity contribution >= 4 is 34.2 Å². The molecule has 6 nitrogen and oxygen atoms in total. The summed E-state index contributed by atoms with van der Waals surface area (Å²) in [6.07, 6.45) is 0. The van der Waals surface area contributed by atoms with Crippen molar-refractivity contribution in [3.63, 3.8) is 0 Å². The van der Waals surface area contributed by atoms with E-state index in [-0.39, 0.29) is 16.6 Å². The van der Waals surface area contributed by atoms with Crippen LogP contribution in [0.2, 0.25) is 5.15 Å². The maximum Gasteiger partial charge on any atom is 0.325 e. The summed E-state index contributed by atoms with van der Waals surface area (Å²) < 4.78 is 0. The van der Waals surface area contributed by atoms with Crippen LogP contribution in [-0.4, -0.2) is 33.1 Å². The molecule has 1 amide bonds. The van der Waals surface area contributed by atoms with Gasteiger partial charge in [0, 0.05) is 10.8 Å². The number of fused-ring (bicyclic) bond motifs is 1. The molecule has 0 fully saturated rings. The van der Waals surface area contributed by atoms with Crippen LogP contribution in [0.15, 0.2) is 24.3 Å². The van der Waals surface area contributed by atoms with Gasteiger partial charge >= 0.3 is 5.97 Å². The van der Waals surface area contributed by atoms with Gasteiger partial charge in [-0.05, 0) is 6.92 Å². The normalized spacial score (nSPS) is 12.1. The van der Waals surface area contributed by atoms with Crippen molar-refractivity contribution in [1.29, 1.82) is 0 Å². The van der Waals surface area contributed by atoms with Crippen LogP contribution in [0.1, 0.15) is 17.4 Å². The van der Waals surface area contributed by atoms with E-state index in [2.05, 4.69) is 10.3 Å². The molecule has 1 aromatic heterocycles. The number of rotatable bonds is 3. The Bertz CT molecular complexity index is 702. The molecule has 0 saturated heterocycles. The second-order valence-corrected chi connectivity index (χ2v) is 4.54. The summed E-state index contributed by atoms with van der Waals surface area (Å²) in [5, 5.41) is 22.0. The van der Waals surface area contributed by atoms with Crippen LogP contribution in [0.4, 0.5) is 0 Å². The molecule has 1 unspecified atom stereocenters. The highest BCUT2D eigenvalue weighted by Gasteiger charge is 2.21. The van der Waals surface area contributed by atoms with E-state index in [0.717, 1.165) is 0 Å². The topological polar surface area (TPSA) is 99.5 Å². The third-order valence-electron chi connectivity index (χ3n) is 2.77. The van der Waals surface area contributed by atoms with E-state index >= 15 is 0 Å². The van der Waals surface area contributed by atoms with Gasteiger partial charge in [-0.2, -0.15) is 0 Å². The van der Waals surface area contributed by atoms with Gasteiger partial charge in [0.2, 0.25) is 0 Å². The molecule has 20 heavy (non-hydrogen) atoms. The summed E-state index contributed by atoms with van der Waals surface area (Å²) in [6.45, 7) is 1.31. The number of nitrogens with one attached hydrogen (secondary N) is 1. The Morgan fingerprint density at radius 3 is 2.50 bits per heavy atom. The number of amides is 1. The van der Waals surface area contributed by atoms with E-state index in [1.54, 1.807) is 24.3 Å². The van der Waals surface area contributed by atoms with Gasteiger partial charge in [0.05, 0.1) is 0 Å². The first-order valence-electron chi connectivity index (χ1n) is 5.72. The fraction of sp³-hybridized carbons (Fsp3) is 0.154. The molecular weight excluding hydrogens is 284 g/mol. The van der Waals surface area contributed by atoms with Crippen LogP contribution in [0, 0.1) is 0 Å². The molecule has 0 aliphatic heterocycles. The molecule has 2 rings (SSSR count). The van der Waals surface area contributed by atoms with Gasteiger partial charge < -0.3 is 15.5 Å². The van der Waals surface area contributed by atoms with Crippen LogP contribution in [0.25, 0.3) is 10.8 Å². The Hall–Kier alpha value is -2.34. The summed E-state index contributed by atoms with van der Waals surface area (Å²) in [5.41, 5.74) is -0.304. The largest absolute Gasteiger partial charge is 0.505 e. The zero-order chi connectivity index (χ0) is 14.9. The molecule has 0 spiro atoms. The van der Waals surface area contributed by atoms with Gasteiger partial charge in [-0.1, -0.05) is 35.9 Å². The molecular formula is C13H11ClN2O4. The number of aromatic hydroxyl groups is 1. The van der Waals surface area contributed by atoms with Crippen molar-refractivity contribution in [3.05, 3.63) is 35.1 Å². The lowest BCUT2D eigenvalue weighted by atomic mass is 10.1. The minimum Gasteiger partial charge on any atom is -0.505 e. The number of aliphatic carboxylic acids is 1. The SMILES string of the molecule is CC(NC(=O)c1nc(Cl)c2ccccc2c1O)C(=O)O. The predicted octanol–water partition coefficient (Wildman–Crippen LogP) is 1.80. The minimum atomic E-state index is -1.19. The van der Waals surface area contributed by atoms with Crippen LogP contribution >= 0.6 is 11.6 Å². The Morgan fingerprint density at radius 1 is 1.30 bits per heavy atom. The molecule has 1 atom stereocenters. The van der Waals surface area contributed by atoms with E-state index in [4.69, 9.17) is 16.7 Å². The zero-order valence-electron chi connectivity index (χ0n) is 10.4. The second kappa shape index (κ2) is 5.34. The van der Waals surface area contributed by atoms with Gasteiger partial charge in [0.25, 0.3) is 5.91 Å². The lowest BCUT2D eigenvalue weighted by molar-refractivity contribution is -0.138. The summed E-state index contributed by atoms with van der Waals surface area (Å²) in [6, 6.07) is 5.55. The summed E-state index contributed by atoms with van der Waals surface area (Å²) in [5.74, 6) is -2.32. The lowest BCUT2D eigenvalue weighted by Gasteiger charge is -2.11. The summed E-state index contributed by atoms with van der Waals surface area (Å²) >= 11 is 5.96. The van der Waals surface area contributed by atoms with Gasteiger partial charge in [-0.3, -0.25) is 9.59 Å². The molecule has 7 heteroatoms. The molecule has 0 radical (unpaired) electrons. The first-order valence-corrected chi connectivity index (χ1v) is 6.10. The average molecular weight is 295 g/mol. The smallest absolute Gasteiger partial charge is 0.325 e. The van der Waals surface area contributed by atoms with E-state index in [0.29, 0.717) is 10.8 Å². The Labute approximate surface area is 119 Å². The molecule has 0 saturated carbocycles. The number of pyridine rings is 1. The number of carboxylic acid groups (broad SMARTS) is 1. The number of halogens is 1. The monoisotopic (exact) mass is 294 g/mol. The van der Waals surface area contributed by atoms with Crippen molar-refractivity contribution in [2.45, 2.75) is 13.0 Å². The number of aromatic nitrogens is 1. The number of benzene rings is 1. The van der Waals surface area contributed by atoms with Gasteiger partial charge in [-0.25, -0.2) is 4.98 Å². The van der Waals surface area contributed by atoms with Crippen molar-refractivity contribution in [2.75, 3.05) is 0 Å². The highest BCUT2D eigenvalue weighted by molar-refractivity contribution is 6.34. The Kier molecular flexibility index (Phi) is 3.76. The van der Waals surface area contributed by atoms with Crippen molar-refractivity contribution < 1.29 is 19.8 Å². The number of hydrogen-bond acceptors (Lipinski definition) is 4. The van der Waals surface area contributed by atoms with Gasteiger partial charge in [0.15, 0.2) is 11.4 Å². The van der Waals surface area contributed by atoms with E-state index < -0.39 is 17.9 Å². The fourth-order valence-electron chi connectivity index (χ4n) is 1.69. The standard InChI is InChI=1S/C13H11ClN2O4/c1-6(13(19)20)15-12(18)9-10(17)7-4-2-3-5-8(7)11(14)16-9/h2-6,17H,1H3,(H,15,18)(H,19,20). The van der Waals surface area contributed by atoms with Crippen LogP contribution in [0.3, 0.4) is 0 Å². The van der Waals surface area contributed by atoms with E-state index in [1.165, 1.54) is 6.92 Å². The maximum atomic E-state index is 11.9. The first kappa shape index (κ1) is 14.1. The number of carbonyl (C=O) groups is 2. The number of carbonyl (C=O) groups excluding carboxylic acids is 1. The average Bonchev–Trinajstić information content (AvgIpc) is 2.42. The quantitative estimate of drug-likeness (QED) is 0.750. The lowest BCUT2D eigenvalue weighted by Crippen LogP contribution is -2.38. The number of hydrogen-bond donors (Lipinski definition) is 3. The van der Waals surface area contributed by atoms with Crippen LogP contribution in [-0.2, 0) is 4.79 Å². The number of carboxylic acids is 1. The van der Waals surface area contributed by atoms with Gasteiger partial charge in [-0.15, -0.1) is 0 Å². The second-order valence-electron chi connectivity index (χ2n) is 4.18.